The van der Waals surface area contributed by atoms with E-state index in [2.05, 4.69) is 9.68 Å². The highest BCUT2D eigenvalue weighted by Gasteiger charge is 2.44. The Morgan fingerprint density at radius 2 is 2.17 bits per heavy atom. The zero-order chi connectivity index (χ0) is 17.1. The van der Waals surface area contributed by atoms with Gasteiger partial charge in [0.25, 0.3) is 5.91 Å². The number of epoxide rings is 1. The van der Waals surface area contributed by atoms with Crippen molar-refractivity contribution in [3.8, 4) is 10.6 Å². The van der Waals surface area contributed by atoms with E-state index < -0.39 is 11.9 Å². The summed E-state index contributed by atoms with van der Waals surface area (Å²) < 4.78 is 48.2. The van der Waals surface area contributed by atoms with Crippen molar-refractivity contribution >= 4 is 17.2 Å². The van der Waals surface area contributed by atoms with Crippen molar-refractivity contribution in [2.45, 2.75) is 31.7 Å². The highest BCUT2D eigenvalue weighted by molar-refractivity contribution is 7.17. The topological polar surface area (TPSA) is 58.9 Å². The number of alkyl halides is 3. The molecule has 0 bridgehead atoms. The molecule has 4 heterocycles. The Morgan fingerprint density at radius 3 is 2.83 bits per heavy atom. The fourth-order valence-electron chi connectivity index (χ4n) is 2.94. The first-order chi connectivity index (χ1) is 11.3. The SMILES string of the molecule is Cc1c(-c2ccc(C(=O)N3CC[C@H]4OC4C3)s2)noc1C(F)(F)F. The lowest BCUT2D eigenvalue weighted by Gasteiger charge is -2.23. The molecule has 2 aromatic rings. The molecular formula is C15H13F3N2O3S. The molecule has 0 spiro atoms. The Bertz CT molecular complexity index is 798. The van der Waals surface area contributed by atoms with E-state index in [0.717, 1.165) is 17.8 Å². The van der Waals surface area contributed by atoms with E-state index in [0.29, 0.717) is 22.8 Å². The van der Waals surface area contributed by atoms with Gasteiger partial charge in [-0.1, -0.05) is 5.16 Å². The van der Waals surface area contributed by atoms with Crippen LogP contribution in [0.3, 0.4) is 0 Å². The minimum absolute atomic E-state index is 0.0736. The number of fused-ring (bicyclic) bond motifs is 1. The molecule has 0 saturated carbocycles. The molecular weight excluding hydrogens is 345 g/mol. The molecule has 2 aliphatic rings. The number of thiophene rings is 1. The molecule has 2 saturated heterocycles. The Morgan fingerprint density at radius 1 is 1.38 bits per heavy atom. The normalized spacial score (nSPS) is 23.2. The van der Waals surface area contributed by atoms with Crippen LogP contribution in [-0.4, -0.2) is 41.3 Å². The molecule has 24 heavy (non-hydrogen) atoms. The fraction of sp³-hybridized carbons (Fsp3) is 0.467. The van der Waals surface area contributed by atoms with Gasteiger partial charge in [0.2, 0.25) is 5.76 Å². The fourth-order valence-corrected chi connectivity index (χ4v) is 3.95. The number of carbonyl (C=O) groups excluding carboxylic acids is 1. The van der Waals surface area contributed by atoms with Crippen molar-refractivity contribution in [1.82, 2.24) is 10.1 Å². The number of rotatable bonds is 2. The number of hydrogen-bond donors (Lipinski definition) is 0. The molecule has 0 aromatic carbocycles. The van der Waals surface area contributed by atoms with Gasteiger partial charge in [0, 0.05) is 18.7 Å². The number of ether oxygens (including phenoxy) is 1. The minimum Gasteiger partial charge on any atom is -0.368 e. The Hall–Kier alpha value is -1.87. The summed E-state index contributed by atoms with van der Waals surface area (Å²) in [7, 11) is 0. The van der Waals surface area contributed by atoms with Gasteiger partial charge in [0.15, 0.2) is 0 Å². The molecule has 9 heteroatoms. The second-order valence-corrected chi connectivity index (χ2v) is 6.98. The highest BCUT2D eigenvalue weighted by atomic mass is 32.1. The third-order valence-electron chi connectivity index (χ3n) is 4.29. The van der Waals surface area contributed by atoms with Crippen molar-refractivity contribution in [3.63, 3.8) is 0 Å². The van der Waals surface area contributed by atoms with Gasteiger partial charge in [-0.2, -0.15) is 13.2 Å². The summed E-state index contributed by atoms with van der Waals surface area (Å²) in [6.07, 6.45) is -3.34. The molecule has 0 N–H and O–H groups in total. The van der Waals surface area contributed by atoms with Gasteiger partial charge >= 0.3 is 6.18 Å². The summed E-state index contributed by atoms with van der Waals surface area (Å²) in [5.41, 5.74) is 0.0474. The van der Waals surface area contributed by atoms with E-state index in [9.17, 15) is 18.0 Å². The first-order valence-electron chi connectivity index (χ1n) is 7.43. The highest BCUT2D eigenvalue weighted by Crippen LogP contribution is 2.38. The lowest BCUT2D eigenvalue weighted by molar-refractivity contribution is -0.156. The number of likely N-dealkylation sites (tertiary alicyclic amines) is 1. The third kappa shape index (κ3) is 2.61. The van der Waals surface area contributed by atoms with E-state index in [1.807, 2.05) is 0 Å². The van der Waals surface area contributed by atoms with Crippen molar-refractivity contribution in [2.75, 3.05) is 13.1 Å². The first-order valence-corrected chi connectivity index (χ1v) is 8.24. The molecule has 2 aromatic heterocycles. The second-order valence-electron chi connectivity index (χ2n) is 5.90. The Labute approximate surface area is 139 Å². The molecule has 0 radical (unpaired) electrons. The number of hydrogen-bond acceptors (Lipinski definition) is 5. The number of nitrogens with zero attached hydrogens (tertiary/aromatic N) is 2. The molecule has 1 unspecified atom stereocenters. The maximum absolute atomic E-state index is 12.8. The zero-order valence-corrected chi connectivity index (χ0v) is 13.4. The van der Waals surface area contributed by atoms with Crippen LogP contribution < -0.4 is 0 Å². The molecule has 0 aliphatic carbocycles. The number of amides is 1. The average Bonchev–Trinajstić information content (AvgIpc) is 2.93. The Kier molecular flexibility index (Phi) is 3.47. The van der Waals surface area contributed by atoms with Crippen LogP contribution in [0.15, 0.2) is 16.7 Å². The van der Waals surface area contributed by atoms with Gasteiger partial charge in [-0.15, -0.1) is 11.3 Å². The van der Waals surface area contributed by atoms with Gasteiger partial charge in [-0.3, -0.25) is 4.79 Å². The first kappa shape index (κ1) is 15.6. The zero-order valence-electron chi connectivity index (χ0n) is 12.6. The smallest absolute Gasteiger partial charge is 0.368 e. The van der Waals surface area contributed by atoms with Gasteiger partial charge in [-0.05, 0) is 25.5 Å². The van der Waals surface area contributed by atoms with Crippen LogP contribution in [0.4, 0.5) is 13.2 Å². The molecule has 5 nitrogen and oxygen atoms in total. The average molecular weight is 358 g/mol. The minimum atomic E-state index is -4.58. The quantitative estimate of drug-likeness (QED) is 0.773. The number of halogens is 3. The molecule has 2 aliphatic heterocycles. The number of carbonyl (C=O) groups is 1. The second kappa shape index (κ2) is 5.32. The summed E-state index contributed by atoms with van der Waals surface area (Å²) >= 11 is 1.12. The summed E-state index contributed by atoms with van der Waals surface area (Å²) in [6.45, 7) is 2.51. The van der Waals surface area contributed by atoms with Crippen LogP contribution in [0.1, 0.15) is 27.4 Å². The molecule has 4 rings (SSSR count). The lowest BCUT2D eigenvalue weighted by atomic mass is 10.1. The maximum atomic E-state index is 12.8. The lowest BCUT2D eigenvalue weighted by Crippen LogP contribution is -2.38. The van der Waals surface area contributed by atoms with Gasteiger partial charge in [0.1, 0.15) is 11.8 Å². The van der Waals surface area contributed by atoms with Gasteiger partial charge in [-0.25, -0.2) is 0 Å². The van der Waals surface area contributed by atoms with E-state index in [4.69, 9.17) is 4.74 Å². The predicted octanol–water partition coefficient (Wildman–Crippen LogP) is 3.34. The Balaban J connectivity index is 1.56. The van der Waals surface area contributed by atoms with E-state index in [1.165, 1.54) is 6.92 Å². The van der Waals surface area contributed by atoms with Crippen LogP contribution in [-0.2, 0) is 10.9 Å². The van der Waals surface area contributed by atoms with Crippen molar-refractivity contribution in [1.29, 1.82) is 0 Å². The summed E-state index contributed by atoms with van der Waals surface area (Å²) in [6, 6.07) is 3.22. The molecule has 2 fully saturated rings. The van der Waals surface area contributed by atoms with Crippen LogP contribution >= 0.6 is 11.3 Å². The number of piperidine rings is 1. The van der Waals surface area contributed by atoms with E-state index in [1.54, 1.807) is 17.0 Å². The summed E-state index contributed by atoms with van der Waals surface area (Å²) in [5, 5.41) is 3.53. The van der Waals surface area contributed by atoms with Crippen molar-refractivity contribution < 1.29 is 27.2 Å². The molecule has 128 valence electrons. The van der Waals surface area contributed by atoms with Crippen molar-refractivity contribution in [3.05, 3.63) is 28.3 Å². The standard InChI is InChI=1S/C15H13F3N2O3S/c1-7-12(19-23-13(7)15(16,17)18)10-2-3-11(24-10)14(21)20-5-4-8-9(6-20)22-8/h2-3,8-9H,4-6H2,1H3/t8-,9?/m1/s1. The summed E-state index contributed by atoms with van der Waals surface area (Å²) in [5.74, 6) is -1.23. The number of aromatic nitrogens is 1. The molecule has 2 atom stereocenters. The van der Waals surface area contributed by atoms with Crippen LogP contribution in [0, 0.1) is 6.92 Å². The summed E-state index contributed by atoms with van der Waals surface area (Å²) in [4.78, 5) is 15.2. The van der Waals surface area contributed by atoms with Gasteiger partial charge in [0.05, 0.1) is 15.9 Å². The van der Waals surface area contributed by atoms with E-state index in [-0.39, 0.29) is 29.4 Å². The third-order valence-corrected chi connectivity index (χ3v) is 5.37. The van der Waals surface area contributed by atoms with Gasteiger partial charge < -0.3 is 14.2 Å². The van der Waals surface area contributed by atoms with Crippen LogP contribution in [0.25, 0.3) is 10.6 Å². The molecule has 1 amide bonds. The van der Waals surface area contributed by atoms with Crippen LogP contribution in [0.5, 0.6) is 0 Å². The van der Waals surface area contributed by atoms with Crippen LogP contribution in [0.2, 0.25) is 0 Å². The van der Waals surface area contributed by atoms with E-state index >= 15 is 0 Å². The van der Waals surface area contributed by atoms with Crippen molar-refractivity contribution in [2.24, 2.45) is 0 Å². The predicted molar refractivity (Wildman–Crippen MR) is 78.7 cm³/mol. The monoisotopic (exact) mass is 358 g/mol. The maximum Gasteiger partial charge on any atom is 0.452 e. The largest absolute Gasteiger partial charge is 0.452 e.